The van der Waals surface area contributed by atoms with E-state index >= 15 is 0 Å². The quantitative estimate of drug-likeness (QED) is 0.696. The lowest BCUT2D eigenvalue weighted by Crippen LogP contribution is -2.39. The zero-order chi connectivity index (χ0) is 19.8. The molecule has 29 heavy (non-hydrogen) atoms. The van der Waals surface area contributed by atoms with Crippen molar-refractivity contribution in [3.8, 4) is 5.75 Å². The first-order valence-corrected chi connectivity index (χ1v) is 10.3. The van der Waals surface area contributed by atoms with E-state index in [1.54, 1.807) is 7.11 Å². The summed E-state index contributed by atoms with van der Waals surface area (Å²) in [6.07, 6.45) is 1.50. The van der Waals surface area contributed by atoms with Gasteiger partial charge in [0.05, 0.1) is 13.5 Å². The lowest BCUT2D eigenvalue weighted by atomic mass is 9.59. The first kappa shape index (κ1) is 18.0. The van der Waals surface area contributed by atoms with Gasteiger partial charge in [-0.1, -0.05) is 60.7 Å². The van der Waals surface area contributed by atoms with Crippen molar-refractivity contribution < 1.29 is 9.53 Å². The van der Waals surface area contributed by atoms with E-state index in [0.29, 0.717) is 24.2 Å². The molecule has 1 amide bonds. The highest BCUT2D eigenvalue weighted by atomic mass is 16.5. The zero-order valence-electron chi connectivity index (χ0n) is 16.6. The number of fused-ring (bicyclic) bond motifs is 1. The summed E-state index contributed by atoms with van der Waals surface area (Å²) in [7, 11) is 1.65. The molecule has 1 atom stereocenters. The fourth-order valence-electron chi connectivity index (χ4n) is 5.20. The van der Waals surface area contributed by atoms with Gasteiger partial charge in [-0.05, 0) is 52.3 Å². The smallest absolute Gasteiger partial charge is 0.224 e. The second-order valence-corrected chi connectivity index (χ2v) is 8.11. The van der Waals surface area contributed by atoms with E-state index in [2.05, 4.69) is 53.8 Å². The van der Waals surface area contributed by atoms with E-state index in [4.69, 9.17) is 4.74 Å². The Morgan fingerprint density at radius 3 is 2.07 bits per heavy atom. The molecule has 2 bridgehead atoms. The van der Waals surface area contributed by atoms with Crippen molar-refractivity contribution in [3.63, 3.8) is 0 Å². The number of methoxy groups -OCH3 is 1. The predicted octanol–water partition coefficient (Wildman–Crippen LogP) is 4.65. The van der Waals surface area contributed by atoms with E-state index in [0.717, 1.165) is 24.3 Å². The van der Waals surface area contributed by atoms with E-state index in [-0.39, 0.29) is 5.91 Å². The maximum atomic E-state index is 12.6. The van der Waals surface area contributed by atoms with Gasteiger partial charge in [0.15, 0.2) is 0 Å². The number of hydrogen-bond acceptors (Lipinski definition) is 2. The molecule has 3 aromatic rings. The second-order valence-electron chi connectivity index (χ2n) is 8.11. The summed E-state index contributed by atoms with van der Waals surface area (Å²) >= 11 is 0. The second kappa shape index (κ2) is 7.40. The largest absolute Gasteiger partial charge is 0.497 e. The molecule has 3 nitrogen and oxygen atoms in total. The third-order valence-corrected chi connectivity index (χ3v) is 6.51. The fraction of sp³-hybridized carbons (Fsp3) is 0.269. The van der Waals surface area contributed by atoms with E-state index < -0.39 is 0 Å². The van der Waals surface area contributed by atoms with Crippen LogP contribution in [0.25, 0.3) is 0 Å². The lowest BCUT2D eigenvalue weighted by molar-refractivity contribution is -0.120. The monoisotopic (exact) mass is 383 g/mol. The van der Waals surface area contributed by atoms with Gasteiger partial charge in [-0.15, -0.1) is 0 Å². The molecule has 0 aliphatic heterocycles. The number of nitrogens with one attached hydrogen (secondary N) is 1. The van der Waals surface area contributed by atoms with Crippen molar-refractivity contribution in [2.24, 2.45) is 5.92 Å². The molecule has 0 fully saturated rings. The van der Waals surface area contributed by atoms with Crippen LogP contribution in [0.1, 0.15) is 46.1 Å². The van der Waals surface area contributed by atoms with Gasteiger partial charge < -0.3 is 10.1 Å². The van der Waals surface area contributed by atoms with Gasteiger partial charge >= 0.3 is 0 Å². The van der Waals surface area contributed by atoms with Crippen molar-refractivity contribution in [2.45, 2.75) is 24.7 Å². The van der Waals surface area contributed by atoms with Gasteiger partial charge in [-0.25, -0.2) is 0 Å². The highest BCUT2D eigenvalue weighted by molar-refractivity contribution is 5.78. The van der Waals surface area contributed by atoms with Crippen LogP contribution >= 0.6 is 0 Å². The Balaban J connectivity index is 1.32. The summed E-state index contributed by atoms with van der Waals surface area (Å²) in [5.41, 5.74) is 6.83. The minimum atomic E-state index is 0.0817. The molecule has 0 saturated carbocycles. The molecule has 3 aliphatic carbocycles. The minimum Gasteiger partial charge on any atom is -0.497 e. The lowest BCUT2D eigenvalue weighted by Gasteiger charge is -2.45. The average molecular weight is 383 g/mol. The molecule has 146 valence electrons. The summed E-state index contributed by atoms with van der Waals surface area (Å²) in [6, 6.07) is 25.4. The molecular weight excluding hydrogens is 358 g/mol. The Morgan fingerprint density at radius 2 is 1.48 bits per heavy atom. The van der Waals surface area contributed by atoms with Crippen molar-refractivity contribution in [1.82, 2.24) is 5.32 Å². The number of amides is 1. The Bertz CT molecular complexity index is 993. The predicted molar refractivity (Wildman–Crippen MR) is 114 cm³/mol. The van der Waals surface area contributed by atoms with Crippen LogP contribution in [0.3, 0.4) is 0 Å². The summed E-state index contributed by atoms with van der Waals surface area (Å²) in [4.78, 5) is 12.6. The van der Waals surface area contributed by atoms with Gasteiger partial charge in [0.2, 0.25) is 5.91 Å². The highest BCUT2D eigenvalue weighted by Crippen LogP contribution is 2.55. The Morgan fingerprint density at radius 1 is 0.897 bits per heavy atom. The Hall–Kier alpha value is -3.07. The van der Waals surface area contributed by atoms with Gasteiger partial charge in [-0.3, -0.25) is 4.79 Å². The van der Waals surface area contributed by atoms with Gasteiger partial charge in [-0.2, -0.15) is 0 Å². The van der Waals surface area contributed by atoms with Crippen LogP contribution in [-0.4, -0.2) is 19.6 Å². The van der Waals surface area contributed by atoms with Crippen molar-refractivity contribution in [1.29, 1.82) is 0 Å². The Labute approximate surface area is 171 Å². The van der Waals surface area contributed by atoms with Crippen molar-refractivity contribution >= 4 is 5.91 Å². The molecule has 3 heteroatoms. The van der Waals surface area contributed by atoms with Crippen LogP contribution in [0.5, 0.6) is 5.75 Å². The topological polar surface area (TPSA) is 38.3 Å². The third-order valence-electron chi connectivity index (χ3n) is 6.51. The number of carbonyl (C=O) groups excluding carboxylic acids is 1. The number of ether oxygens (including phenoxy) is 1. The molecule has 1 unspecified atom stereocenters. The van der Waals surface area contributed by atoms with Crippen LogP contribution < -0.4 is 10.1 Å². The maximum absolute atomic E-state index is 12.6. The van der Waals surface area contributed by atoms with Crippen LogP contribution in [0.4, 0.5) is 0 Å². The summed E-state index contributed by atoms with van der Waals surface area (Å²) in [5, 5.41) is 3.21. The van der Waals surface area contributed by atoms with Crippen LogP contribution in [0.15, 0.2) is 72.8 Å². The van der Waals surface area contributed by atoms with Crippen LogP contribution in [-0.2, 0) is 11.2 Å². The van der Waals surface area contributed by atoms with Crippen molar-refractivity contribution in [3.05, 3.63) is 101 Å². The third kappa shape index (κ3) is 3.21. The average Bonchev–Trinajstić information content (AvgIpc) is 2.78. The molecule has 0 aromatic heterocycles. The van der Waals surface area contributed by atoms with Crippen molar-refractivity contribution in [2.75, 3.05) is 13.7 Å². The molecule has 6 rings (SSSR count). The van der Waals surface area contributed by atoms with Gasteiger partial charge in [0, 0.05) is 18.4 Å². The normalized spacial score (nSPS) is 21.2. The summed E-state index contributed by atoms with van der Waals surface area (Å²) < 4.78 is 5.19. The number of hydrogen-bond donors (Lipinski definition) is 1. The van der Waals surface area contributed by atoms with E-state index in [9.17, 15) is 4.79 Å². The maximum Gasteiger partial charge on any atom is 0.224 e. The molecule has 0 radical (unpaired) electrons. The molecular formula is C26H25NO2. The number of carbonyl (C=O) groups is 1. The van der Waals surface area contributed by atoms with Crippen LogP contribution in [0.2, 0.25) is 0 Å². The van der Waals surface area contributed by atoms with E-state index in [1.165, 1.54) is 22.3 Å². The van der Waals surface area contributed by atoms with E-state index in [1.807, 2.05) is 24.3 Å². The molecule has 1 N–H and O–H groups in total. The first-order valence-electron chi connectivity index (χ1n) is 10.3. The van der Waals surface area contributed by atoms with Crippen LogP contribution in [0, 0.1) is 5.92 Å². The minimum absolute atomic E-state index is 0.0817. The summed E-state index contributed by atoms with van der Waals surface area (Å²) in [5.74, 6) is 2.14. The van der Waals surface area contributed by atoms with Gasteiger partial charge in [0.25, 0.3) is 0 Å². The first-order chi connectivity index (χ1) is 14.2. The standard InChI is InChI=1S/C26H25NO2/c1-29-19-12-10-17(11-13-19)14-25(28)27-16-18-15-24-20-6-2-4-8-22(20)26(18)23-9-5-3-7-21(23)24/h2-13,18,24,26H,14-16H2,1H3,(H,27,28). The molecule has 3 aromatic carbocycles. The summed E-state index contributed by atoms with van der Waals surface area (Å²) in [6.45, 7) is 0.721. The zero-order valence-corrected chi connectivity index (χ0v) is 16.6. The fourth-order valence-corrected chi connectivity index (χ4v) is 5.20. The highest BCUT2D eigenvalue weighted by Gasteiger charge is 2.42. The number of rotatable bonds is 5. The van der Waals surface area contributed by atoms with Gasteiger partial charge in [0.1, 0.15) is 5.75 Å². The number of benzene rings is 3. The molecule has 0 spiro atoms. The molecule has 3 aliphatic rings. The SMILES string of the molecule is COc1ccc(CC(=O)NCC2CC3c4ccccc4C2c2ccccc23)cc1. The molecule has 0 saturated heterocycles. The Kier molecular flexibility index (Phi) is 4.59. The molecule has 0 heterocycles.